The zero-order valence-electron chi connectivity index (χ0n) is 17.2. The predicted octanol–water partition coefficient (Wildman–Crippen LogP) is 1.99. The van der Waals surface area contributed by atoms with Crippen molar-refractivity contribution in [3.8, 4) is 0 Å². The van der Waals surface area contributed by atoms with Gasteiger partial charge in [0.1, 0.15) is 17.8 Å². The van der Waals surface area contributed by atoms with E-state index < -0.39 is 16.1 Å². The summed E-state index contributed by atoms with van der Waals surface area (Å²) in [5.41, 5.74) is 0.831. The monoisotopic (exact) mass is 421 g/mol. The molecular formula is C20H31N5O3S. The van der Waals surface area contributed by atoms with Gasteiger partial charge in [-0.1, -0.05) is 6.92 Å². The maximum absolute atomic E-state index is 12.8. The van der Waals surface area contributed by atoms with Crippen LogP contribution in [-0.2, 0) is 10.0 Å². The number of β-amino-alcohol motifs (C(OH)–C–C–N with tert-alkyl or cyclic N) is 1. The van der Waals surface area contributed by atoms with Crippen molar-refractivity contribution < 1.29 is 13.5 Å². The zero-order chi connectivity index (χ0) is 20.6. The second kappa shape index (κ2) is 8.20. The Labute approximate surface area is 172 Å². The Morgan fingerprint density at radius 2 is 2.14 bits per heavy atom. The fourth-order valence-electron chi connectivity index (χ4n) is 5.09. The Morgan fingerprint density at radius 1 is 1.31 bits per heavy atom. The van der Waals surface area contributed by atoms with Crippen LogP contribution in [0.25, 0.3) is 11.0 Å². The lowest BCUT2D eigenvalue weighted by Crippen LogP contribution is -2.46. The van der Waals surface area contributed by atoms with Crippen molar-refractivity contribution in [1.82, 2.24) is 19.3 Å². The Kier molecular flexibility index (Phi) is 5.81. The number of aromatic amines is 1. The third-order valence-corrected chi connectivity index (χ3v) is 8.61. The number of nitrogens with zero attached hydrogens (tertiary/aromatic N) is 4. The van der Waals surface area contributed by atoms with E-state index in [0.29, 0.717) is 24.9 Å². The highest BCUT2D eigenvalue weighted by Crippen LogP contribution is 2.36. The molecule has 0 spiro atoms. The average molecular weight is 422 g/mol. The van der Waals surface area contributed by atoms with Crippen molar-refractivity contribution in [1.29, 1.82) is 0 Å². The number of anilines is 1. The summed E-state index contributed by atoms with van der Waals surface area (Å²) in [5.74, 6) is 1.64. The number of aromatic nitrogens is 3. The number of rotatable bonds is 5. The number of hydrogen-bond acceptors (Lipinski definition) is 6. The third kappa shape index (κ3) is 4.27. The lowest BCUT2D eigenvalue weighted by Gasteiger charge is -2.40. The number of aliphatic hydroxyl groups excluding tert-OH is 1. The van der Waals surface area contributed by atoms with E-state index in [-0.39, 0.29) is 18.2 Å². The van der Waals surface area contributed by atoms with Gasteiger partial charge in [-0.15, -0.1) is 0 Å². The number of piperidine rings is 1. The van der Waals surface area contributed by atoms with E-state index in [1.165, 1.54) is 4.31 Å². The summed E-state index contributed by atoms with van der Waals surface area (Å²) in [4.78, 5) is 14.1. The number of sulfonamides is 1. The van der Waals surface area contributed by atoms with Gasteiger partial charge in [0.05, 0.1) is 17.2 Å². The highest BCUT2D eigenvalue weighted by Gasteiger charge is 2.36. The molecule has 2 fully saturated rings. The maximum atomic E-state index is 12.8. The van der Waals surface area contributed by atoms with Crippen molar-refractivity contribution >= 4 is 26.9 Å². The van der Waals surface area contributed by atoms with Crippen LogP contribution in [0.15, 0.2) is 18.6 Å². The number of H-pyrrole nitrogens is 1. The molecule has 160 valence electrons. The Morgan fingerprint density at radius 3 is 2.90 bits per heavy atom. The fourth-order valence-corrected chi connectivity index (χ4v) is 7.01. The van der Waals surface area contributed by atoms with Gasteiger partial charge in [0.25, 0.3) is 0 Å². The first-order valence-corrected chi connectivity index (χ1v) is 12.1. The van der Waals surface area contributed by atoms with Gasteiger partial charge in [-0.25, -0.2) is 18.4 Å². The maximum Gasteiger partial charge on any atom is 0.214 e. The van der Waals surface area contributed by atoms with E-state index in [9.17, 15) is 13.5 Å². The molecular weight excluding hydrogens is 390 g/mol. The van der Waals surface area contributed by atoms with Crippen LogP contribution >= 0.6 is 0 Å². The minimum Gasteiger partial charge on any atom is -0.392 e. The molecule has 1 saturated carbocycles. The second-order valence-corrected chi connectivity index (χ2v) is 10.7. The first-order chi connectivity index (χ1) is 13.8. The largest absolute Gasteiger partial charge is 0.392 e. The first kappa shape index (κ1) is 20.6. The van der Waals surface area contributed by atoms with Gasteiger partial charge >= 0.3 is 0 Å². The van der Waals surface area contributed by atoms with E-state index in [1.54, 1.807) is 6.33 Å². The molecule has 1 aliphatic heterocycles. The van der Waals surface area contributed by atoms with Crippen LogP contribution in [0.4, 0.5) is 5.82 Å². The van der Waals surface area contributed by atoms with Crippen molar-refractivity contribution in [2.45, 2.75) is 51.2 Å². The molecule has 3 heterocycles. The van der Waals surface area contributed by atoms with Gasteiger partial charge in [-0.2, -0.15) is 4.31 Å². The van der Waals surface area contributed by atoms with Crippen LogP contribution < -0.4 is 4.90 Å². The van der Waals surface area contributed by atoms with Crippen LogP contribution in [-0.4, -0.2) is 70.8 Å². The van der Waals surface area contributed by atoms with E-state index >= 15 is 0 Å². The molecule has 1 aliphatic carbocycles. The lowest BCUT2D eigenvalue weighted by atomic mass is 9.79. The van der Waals surface area contributed by atoms with Crippen LogP contribution in [0.3, 0.4) is 0 Å². The average Bonchev–Trinajstić information content (AvgIpc) is 3.16. The molecule has 0 bridgehead atoms. The van der Waals surface area contributed by atoms with E-state index in [2.05, 4.69) is 33.8 Å². The minimum atomic E-state index is -3.32. The SMILES string of the molecule is C[C@@H]1CC(CS(=O)(=O)N2CCC[C@H](O)C2)CC[C@@H]1N(C)c1ncnc2[nH]ccc12. The normalized spacial score (nSPS) is 29.2. The summed E-state index contributed by atoms with van der Waals surface area (Å²) >= 11 is 0. The van der Waals surface area contributed by atoms with Crippen LogP contribution in [0.2, 0.25) is 0 Å². The highest BCUT2D eigenvalue weighted by molar-refractivity contribution is 7.89. The summed E-state index contributed by atoms with van der Waals surface area (Å²) in [6.07, 6.45) is 7.07. The lowest BCUT2D eigenvalue weighted by molar-refractivity contribution is 0.107. The van der Waals surface area contributed by atoms with Crippen LogP contribution in [0.1, 0.15) is 39.0 Å². The van der Waals surface area contributed by atoms with E-state index in [4.69, 9.17) is 0 Å². The van der Waals surface area contributed by atoms with Gasteiger partial charge < -0.3 is 15.0 Å². The van der Waals surface area contributed by atoms with Crippen molar-refractivity contribution in [3.63, 3.8) is 0 Å². The molecule has 0 radical (unpaired) electrons. The fraction of sp³-hybridized carbons (Fsp3) is 0.700. The van der Waals surface area contributed by atoms with E-state index in [1.807, 2.05) is 12.3 Å². The molecule has 2 N–H and O–H groups in total. The van der Waals surface area contributed by atoms with Gasteiger partial charge in [-0.3, -0.25) is 0 Å². The Hall–Kier alpha value is -1.71. The van der Waals surface area contributed by atoms with Gasteiger partial charge in [0.15, 0.2) is 0 Å². The van der Waals surface area contributed by atoms with Crippen molar-refractivity contribution in [2.75, 3.05) is 30.8 Å². The summed E-state index contributed by atoms with van der Waals surface area (Å²) in [6, 6.07) is 2.32. The number of nitrogens with one attached hydrogen (secondary N) is 1. The van der Waals surface area contributed by atoms with Crippen molar-refractivity contribution in [3.05, 3.63) is 18.6 Å². The molecule has 1 unspecified atom stereocenters. The molecule has 29 heavy (non-hydrogen) atoms. The third-order valence-electron chi connectivity index (χ3n) is 6.60. The molecule has 0 aromatic carbocycles. The minimum absolute atomic E-state index is 0.163. The smallest absolute Gasteiger partial charge is 0.214 e. The zero-order valence-corrected chi connectivity index (χ0v) is 18.0. The quantitative estimate of drug-likeness (QED) is 0.765. The summed E-state index contributed by atoms with van der Waals surface area (Å²) in [7, 11) is -1.24. The topological polar surface area (TPSA) is 102 Å². The second-order valence-electron chi connectivity index (χ2n) is 8.70. The molecule has 1 saturated heterocycles. The van der Waals surface area contributed by atoms with Gasteiger partial charge in [-0.05, 0) is 50.0 Å². The van der Waals surface area contributed by atoms with Crippen LogP contribution in [0, 0.1) is 11.8 Å². The molecule has 4 atom stereocenters. The number of aliphatic hydroxyl groups is 1. The Bertz CT molecular complexity index is 946. The molecule has 2 aliphatic rings. The summed E-state index contributed by atoms with van der Waals surface area (Å²) in [5, 5.41) is 10.8. The molecule has 2 aromatic heterocycles. The molecule has 0 amide bonds. The van der Waals surface area contributed by atoms with Crippen molar-refractivity contribution in [2.24, 2.45) is 11.8 Å². The molecule has 2 aromatic rings. The molecule has 8 nitrogen and oxygen atoms in total. The van der Waals surface area contributed by atoms with Gasteiger partial charge in [0, 0.05) is 32.4 Å². The van der Waals surface area contributed by atoms with E-state index in [0.717, 1.165) is 42.5 Å². The molecule has 4 rings (SSSR count). The number of fused-ring (bicyclic) bond motifs is 1. The highest BCUT2D eigenvalue weighted by atomic mass is 32.2. The van der Waals surface area contributed by atoms with Gasteiger partial charge in [0.2, 0.25) is 10.0 Å². The number of hydrogen-bond donors (Lipinski definition) is 2. The summed E-state index contributed by atoms with van der Waals surface area (Å²) in [6.45, 7) is 2.99. The molecule has 9 heteroatoms. The predicted molar refractivity (Wildman–Crippen MR) is 113 cm³/mol. The standard InChI is InChI=1S/C20H31N5O3S/c1-14-10-15(12-29(27,28)25-9-3-4-16(26)11-25)5-6-18(14)24(2)20-17-7-8-21-19(17)22-13-23-20/h7-8,13-16,18,26H,3-6,9-12H2,1-2H3,(H,21,22,23)/t14-,15?,16+,18+/m1/s1. The Balaban J connectivity index is 1.41. The van der Waals surface area contributed by atoms with Crippen LogP contribution in [0.5, 0.6) is 0 Å². The summed E-state index contributed by atoms with van der Waals surface area (Å²) < 4.78 is 27.2. The first-order valence-electron chi connectivity index (χ1n) is 10.5.